The summed E-state index contributed by atoms with van der Waals surface area (Å²) in [4.78, 5) is 23.7. The zero-order valence-electron chi connectivity index (χ0n) is 14.6. The highest BCUT2D eigenvalue weighted by atomic mass is 35.5. The zero-order chi connectivity index (χ0) is 19.9. The summed E-state index contributed by atoms with van der Waals surface area (Å²) < 4.78 is 5.05. The van der Waals surface area contributed by atoms with Crippen molar-refractivity contribution in [1.29, 1.82) is 5.26 Å². The number of aromatic nitrogens is 3. The first-order valence-corrected chi connectivity index (χ1v) is 8.57. The number of ether oxygens (including phenoxy) is 1. The van der Waals surface area contributed by atoms with Crippen LogP contribution < -0.4 is 16.0 Å². The van der Waals surface area contributed by atoms with Crippen molar-refractivity contribution in [3.8, 4) is 6.07 Å². The molecule has 0 aliphatic rings. The molecule has 0 radical (unpaired) electrons. The maximum Gasteiger partial charge on any atom is 0.411 e. The van der Waals surface area contributed by atoms with E-state index in [1.807, 2.05) is 0 Å². The van der Waals surface area contributed by atoms with Crippen LogP contribution in [0.3, 0.4) is 0 Å². The maximum atomic E-state index is 11.7. The first-order chi connectivity index (χ1) is 12.8. The highest BCUT2D eigenvalue weighted by molar-refractivity contribution is 6.30. The largest absolute Gasteiger partial charge is 0.447 e. The lowest BCUT2D eigenvalue weighted by Crippen LogP contribution is -2.30. The standard InChI is InChI=1S/C16H17Cl2N7O2/c1-16(2,9-19)25-14-23-12(18)22-13(24-14)20-7-8-27-15(26)21-11-5-3-10(17)4-6-11/h3-6H,7-8H2,1-2H3,(H,21,26)(H2,20,22,23,24,25). The van der Waals surface area contributed by atoms with Gasteiger partial charge >= 0.3 is 6.09 Å². The normalized spacial score (nSPS) is 10.6. The van der Waals surface area contributed by atoms with Gasteiger partial charge in [-0.3, -0.25) is 5.32 Å². The number of hydrogen-bond acceptors (Lipinski definition) is 8. The Labute approximate surface area is 166 Å². The summed E-state index contributed by atoms with van der Waals surface area (Å²) in [6.07, 6.45) is -0.606. The quantitative estimate of drug-likeness (QED) is 0.592. The van der Waals surface area contributed by atoms with Crippen molar-refractivity contribution in [3.05, 3.63) is 34.6 Å². The molecular weight excluding hydrogens is 393 g/mol. The number of rotatable bonds is 7. The predicted molar refractivity (Wildman–Crippen MR) is 103 cm³/mol. The number of hydrogen-bond donors (Lipinski definition) is 3. The number of carbonyl (C=O) groups is 1. The van der Waals surface area contributed by atoms with E-state index in [2.05, 4.69) is 37.0 Å². The van der Waals surface area contributed by atoms with Gasteiger partial charge in [0.1, 0.15) is 12.1 Å². The van der Waals surface area contributed by atoms with Crippen molar-refractivity contribution in [1.82, 2.24) is 15.0 Å². The van der Waals surface area contributed by atoms with E-state index in [-0.39, 0.29) is 30.3 Å². The molecule has 3 N–H and O–H groups in total. The first kappa shape index (κ1) is 20.5. The second kappa shape index (κ2) is 9.21. The summed E-state index contributed by atoms with van der Waals surface area (Å²) in [5, 5.41) is 17.8. The Morgan fingerprint density at radius 1 is 1.19 bits per heavy atom. The third-order valence-corrected chi connectivity index (χ3v) is 3.44. The summed E-state index contributed by atoms with van der Waals surface area (Å²) >= 11 is 11.6. The average Bonchev–Trinajstić information content (AvgIpc) is 2.60. The highest BCUT2D eigenvalue weighted by Gasteiger charge is 2.18. The minimum Gasteiger partial charge on any atom is -0.447 e. The molecule has 1 amide bonds. The van der Waals surface area contributed by atoms with Crippen molar-refractivity contribution < 1.29 is 9.53 Å². The molecule has 142 valence electrons. The first-order valence-electron chi connectivity index (χ1n) is 7.82. The van der Waals surface area contributed by atoms with Gasteiger partial charge in [-0.15, -0.1) is 0 Å². The van der Waals surface area contributed by atoms with Crippen LogP contribution in [0.5, 0.6) is 0 Å². The second-order valence-electron chi connectivity index (χ2n) is 5.81. The van der Waals surface area contributed by atoms with Crippen LogP contribution in [0.15, 0.2) is 24.3 Å². The van der Waals surface area contributed by atoms with E-state index in [4.69, 9.17) is 33.2 Å². The van der Waals surface area contributed by atoms with E-state index >= 15 is 0 Å². The minimum atomic E-state index is -0.870. The minimum absolute atomic E-state index is 0.0369. The third-order valence-electron chi connectivity index (χ3n) is 3.02. The van der Waals surface area contributed by atoms with Crippen LogP contribution in [0.25, 0.3) is 0 Å². The van der Waals surface area contributed by atoms with Crippen molar-refractivity contribution in [3.63, 3.8) is 0 Å². The maximum absolute atomic E-state index is 11.7. The molecule has 1 aromatic heterocycles. The van der Waals surface area contributed by atoms with E-state index in [9.17, 15) is 4.79 Å². The molecule has 0 aliphatic heterocycles. The van der Waals surface area contributed by atoms with Gasteiger partial charge < -0.3 is 15.4 Å². The smallest absolute Gasteiger partial charge is 0.411 e. The van der Waals surface area contributed by atoms with Crippen LogP contribution in [-0.4, -0.2) is 39.7 Å². The molecule has 0 aliphatic carbocycles. The summed E-state index contributed by atoms with van der Waals surface area (Å²) in [6.45, 7) is 3.65. The van der Waals surface area contributed by atoms with Gasteiger partial charge in [0.2, 0.25) is 17.2 Å². The van der Waals surface area contributed by atoms with E-state index < -0.39 is 11.6 Å². The molecule has 0 saturated heterocycles. The number of halogens is 2. The fourth-order valence-electron chi connectivity index (χ4n) is 1.79. The third kappa shape index (κ3) is 7.13. The number of nitrogens with one attached hydrogen (secondary N) is 3. The van der Waals surface area contributed by atoms with Crippen LogP contribution >= 0.6 is 23.2 Å². The molecule has 11 heteroatoms. The Morgan fingerprint density at radius 3 is 2.52 bits per heavy atom. The van der Waals surface area contributed by atoms with Crippen LogP contribution in [0.2, 0.25) is 10.3 Å². The van der Waals surface area contributed by atoms with Crippen molar-refractivity contribution >= 4 is 46.9 Å². The number of nitriles is 1. The highest BCUT2D eigenvalue weighted by Crippen LogP contribution is 2.15. The van der Waals surface area contributed by atoms with Gasteiger partial charge in [0.05, 0.1) is 12.6 Å². The van der Waals surface area contributed by atoms with Crippen LogP contribution in [0.4, 0.5) is 22.4 Å². The van der Waals surface area contributed by atoms with Gasteiger partial charge in [0, 0.05) is 10.7 Å². The van der Waals surface area contributed by atoms with Crippen LogP contribution in [-0.2, 0) is 4.74 Å². The number of anilines is 3. The average molecular weight is 410 g/mol. The second-order valence-corrected chi connectivity index (χ2v) is 6.58. The van der Waals surface area contributed by atoms with Gasteiger partial charge in [0.15, 0.2) is 0 Å². The molecular formula is C16H17Cl2N7O2. The summed E-state index contributed by atoms with van der Waals surface area (Å²) in [6, 6.07) is 8.70. The van der Waals surface area contributed by atoms with Crippen molar-refractivity contribution in [2.75, 3.05) is 29.1 Å². The van der Waals surface area contributed by atoms with Gasteiger partial charge in [-0.25, -0.2) is 4.79 Å². The van der Waals surface area contributed by atoms with Crippen molar-refractivity contribution in [2.24, 2.45) is 0 Å². The molecule has 0 bridgehead atoms. The molecule has 1 heterocycles. The predicted octanol–water partition coefficient (Wildman–Crippen LogP) is 3.55. The SMILES string of the molecule is CC(C)(C#N)Nc1nc(Cl)nc(NCCOC(=O)Nc2ccc(Cl)cc2)n1. The number of nitrogens with zero attached hydrogens (tertiary/aromatic N) is 4. The van der Waals surface area contributed by atoms with Crippen LogP contribution in [0, 0.1) is 11.3 Å². The molecule has 2 aromatic rings. The fourth-order valence-corrected chi connectivity index (χ4v) is 2.07. The number of carbonyl (C=O) groups excluding carboxylic acids is 1. The molecule has 2 rings (SSSR count). The molecule has 0 unspecified atom stereocenters. The lowest BCUT2D eigenvalue weighted by molar-refractivity contribution is 0.166. The van der Waals surface area contributed by atoms with E-state index in [1.54, 1.807) is 38.1 Å². The molecule has 27 heavy (non-hydrogen) atoms. The molecule has 0 fully saturated rings. The summed E-state index contributed by atoms with van der Waals surface area (Å²) in [5.74, 6) is 0.346. The topological polar surface area (TPSA) is 125 Å². The van der Waals surface area contributed by atoms with Crippen LogP contribution in [0.1, 0.15) is 13.8 Å². The van der Waals surface area contributed by atoms with Gasteiger partial charge in [-0.2, -0.15) is 20.2 Å². The fraction of sp³-hybridized carbons (Fsp3) is 0.312. The summed E-state index contributed by atoms with van der Waals surface area (Å²) in [5.41, 5.74) is -0.303. The number of benzene rings is 1. The van der Waals surface area contributed by atoms with Gasteiger partial charge in [-0.05, 0) is 49.7 Å². The van der Waals surface area contributed by atoms with E-state index in [0.29, 0.717) is 10.7 Å². The molecule has 0 saturated carbocycles. The van der Waals surface area contributed by atoms with E-state index in [1.165, 1.54) is 0 Å². The molecule has 0 spiro atoms. The Kier molecular flexibility index (Phi) is 6.98. The Morgan fingerprint density at radius 2 is 1.85 bits per heavy atom. The van der Waals surface area contributed by atoms with Gasteiger partial charge in [-0.1, -0.05) is 11.6 Å². The lowest BCUT2D eigenvalue weighted by atomic mass is 10.1. The molecule has 9 nitrogen and oxygen atoms in total. The lowest BCUT2D eigenvalue weighted by Gasteiger charge is -2.17. The van der Waals surface area contributed by atoms with E-state index in [0.717, 1.165) is 0 Å². The zero-order valence-corrected chi connectivity index (χ0v) is 16.1. The Balaban J connectivity index is 1.81. The monoisotopic (exact) mass is 409 g/mol. The molecule has 0 atom stereocenters. The Bertz CT molecular complexity index is 838. The molecule has 1 aromatic carbocycles. The Hall–Kier alpha value is -2.83. The van der Waals surface area contributed by atoms with Crippen molar-refractivity contribution in [2.45, 2.75) is 19.4 Å². The number of amides is 1. The van der Waals surface area contributed by atoms with Gasteiger partial charge in [0.25, 0.3) is 0 Å². The summed E-state index contributed by atoms with van der Waals surface area (Å²) in [7, 11) is 0.